The van der Waals surface area contributed by atoms with Crippen LogP contribution in [0.2, 0.25) is 0 Å². The molecule has 1 amide bonds. The lowest BCUT2D eigenvalue weighted by atomic mass is 10.1. The Morgan fingerprint density at radius 3 is 2.74 bits per heavy atom. The van der Waals surface area contributed by atoms with Crippen LogP contribution in [-0.2, 0) is 22.6 Å². The van der Waals surface area contributed by atoms with Gasteiger partial charge in [0.2, 0.25) is 11.9 Å². The molecule has 34 heavy (non-hydrogen) atoms. The van der Waals surface area contributed by atoms with Gasteiger partial charge >= 0.3 is 6.18 Å². The highest BCUT2D eigenvalue weighted by Gasteiger charge is 2.33. The van der Waals surface area contributed by atoms with Gasteiger partial charge in [-0.3, -0.25) is 9.36 Å². The van der Waals surface area contributed by atoms with Crippen molar-refractivity contribution in [2.75, 3.05) is 42.3 Å². The van der Waals surface area contributed by atoms with Crippen LogP contribution in [0.25, 0.3) is 0 Å². The Hall–Kier alpha value is -3.06. The fourth-order valence-corrected chi connectivity index (χ4v) is 4.29. The van der Waals surface area contributed by atoms with E-state index in [0.29, 0.717) is 38.7 Å². The number of rotatable bonds is 8. The number of benzene rings is 1. The Bertz CT molecular complexity index is 1130. The zero-order valence-electron chi connectivity index (χ0n) is 18.5. The summed E-state index contributed by atoms with van der Waals surface area (Å²) in [5, 5.41) is 14.9. The molecule has 0 bridgehead atoms. The van der Waals surface area contributed by atoms with Crippen LogP contribution in [0.5, 0.6) is 0 Å². The Balaban J connectivity index is 1.41. The van der Waals surface area contributed by atoms with Crippen molar-refractivity contribution >= 4 is 29.4 Å². The van der Waals surface area contributed by atoms with Gasteiger partial charge in [0.25, 0.3) is 0 Å². The van der Waals surface area contributed by atoms with Crippen LogP contribution in [0, 0.1) is 6.92 Å². The molecule has 0 atom stereocenters. The first-order chi connectivity index (χ1) is 16.3. The molecule has 0 saturated carbocycles. The van der Waals surface area contributed by atoms with E-state index in [1.807, 2.05) is 31.2 Å². The van der Waals surface area contributed by atoms with Gasteiger partial charge in [-0.05, 0) is 12.5 Å². The number of thioether (sulfide) groups is 1. The van der Waals surface area contributed by atoms with E-state index in [9.17, 15) is 18.0 Å². The standard InChI is InChI=1S/C21H24F3N7O2S/c1-15-3-2-4-16(11-15)12-31-17(5-6-25-31)26-18(32)13-34-20-28-27-19(29-7-9-33-10-8-29)30(20)14-21(22,23)24/h2-6,11H,7-10,12-14H2,1H3,(H,26,32). The normalized spacial score (nSPS) is 14.4. The number of nitrogens with zero attached hydrogens (tertiary/aromatic N) is 6. The number of morpholine rings is 1. The summed E-state index contributed by atoms with van der Waals surface area (Å²) >= 11 is 0.904. The number of amides is 1. The molecule has 1 fully saturated rings. The van der Waals surface area contributed by atoms with Gasteiger partial charge in [-0.25, -0.2) is 4.68 Å². The van der Waals surface area contributed by atoms with Crippen LogP contribution < -0.4 is 10.2 Å². The predicted octanol–water partition coefficient (Wildman–Crippen LogP) is 2.96. The quantitative estimate of drug-likeness (QED) is 0.481. The van der Waals surface area contributed by atoms with E-state index in [4.69, 9.17) is 4.74 Å². The number of aryl methyl sites for hydroxylation is 1. The largest absolute Gasteiger partial charge is 0.406 e. The zero-order chi connectivity index (χ0) is 24.1. The molecule has 1 saturated heterocycles. The first-order valence-electron chi connectivity index (χ1n) is 10.6. The molecule has 1 aliphatic heterocycles. The van der Waals surface area contributed by atoms with Gasteiger partial charge in [-0.1, -0.05) is 41.6 Å². The lowest BCUT2D eigenvalue weighted by Gasteiger charge is -2.28. The van der Waals surface area contributed by atoms with E-state index in [2.05, 4.69) is 20.6 Å². The van der Waals surface area contributed by atoms with Gasteiger partial charge in [0.15, 0.2) is 5.16 Å². The number of alkyl halides is 3. The first kappa shape index (κ1) is 24.1. The van der Waals surface area contributed by atoms with E-state index in [1.165, 1.54) is 0 Å². The Morgan fingerprint density at radius 2 is 2.00 bits per heavy atom. The smallest absolute Gasteiger partial charge is 0.378 e. The van der Waals surface area contributed by atoms with Crippen LogP contribution in [-0.4, -0.2) is 68.7 Å². The molecule has 3 heterocycles. The van der Waals surface area contributed by atoms with Gasteiger partial charge in [-0.15, -0.1) is 10.2 Å². The van der Waals surface area contributed by atoms with Crippen LogP contribution in [0.1, 0.15) is 11.1 Å². The number of hydrogen-bond donors (Lipinski definition) is 1. The maximum Gasteiger partial charge on any atom is 0.406 e. The number of aromatic nitrogens is 5. The summed E-state index contributed by atoms with van der Waals surface area (Å²) in [5.41, 5.74) is 2.15. The summed E-state index contributed by atoms with van der Waals surface area (Å²) in [7, 11) is 0. The van der Waals surface area contributed by atoms with Gasteiger partial charge in [-0.2, -0.15) is 18.3 Å². The van der Waals surface area contributed by atoms with Crippen LogP contribution in [0.3, 0.4) is 0 Å². The predicted molar refractivity (Wildman–Crippen MR) is 121 cm³/mol. The summed E-state index contributed by atoms with van der Waals surface area (Å²) in [4.78, 5) is 14.3. The minimum Gasteiger partial charge on any atom is -0.378 e. The van der Waals surface area contributed by atoms with Crippen molar-refractivity contribution in [3.63, 3.8) is 0 Å². The minimum absolute atomic E-state index is 0.0298. The Morgan fingerprint density at radius 1 is 1.21 bits per heavy atom. The topological polar surface area (TPSA) is 90.1 Å². The van der Waals surface area contributed by atoms with Crippen molar-refractivity contribution < 1.29 is 22.7 Å². The summed E-state index contributed by atoms with van der Waals surface area (Å²) in [6, 6.07) is 9.61. The van der Waals surface area contributed by atoms with Crippen molar-refractivity contribution in [3.8, 4) is 0 Å². The first-order valence-corrected chi connectivity index (χ1v) is 11.6. The van der Waals surface area contributed by atoms with E-state index >= 15 is 0 Å². The molecule has 1 aliphatic rings. The Kier molecular flexibility index (Phi) is 7.41. The van der Waals surface area contributed by atoms with Gasteiger partial charge in [0.1, 0.15) is 12.4 Å². The zero-order valence-corrected chi connectivity index (χ0v) is 19.3. The van der Waals surface area contributed by atoms with Crippen molar-refractivity contribution in [1.82, 2.24) is 24.5 Å². The average Bonchev–Trinajstić information content (AvgIpc) is 3.38. The van der Waals surface area contributed by atoms with E-state index < -0.39 is 12.7 Å². The number of carbonyl (C=O) groups excluding carboxylic acids is 1. The molecule has 0 radical (unpaired) electrons. The monoisotopic (exact) mass is 495 g/mol. The fraction of sp³-hybridized carbons (Fsp3) is 0.429. The third-order valence-corrected chi connectivity index (χ3v) is 6.03. The number of halogens is 3. The molecule has 182 valence electrons. The van der Waals surface area contributed by atoms with Gasteiger partial charge in [0, 0.05) is 19.2 Å². The lowest BCUT2D eigenvalue weighted by Crippen LogP contribution is -2.38. The fourth-order valence-electron chi connectivity index (χ4n) is 3.56. The third-order valence-electron chi connectivity index (χ3n) is 5.06. The molecule has 1 aromatic carbocycles. The van der Waals surface area contributed by atoms with Crippen LogP contribution in [0.15, 0.2) is 41.7 Å². The molecule has 1 N–H and O–H groups in total. The number of nitrogens with one attached hydrogen (secondary N) is 1. The number of carbonyl (C=O) groups is 1. The molecule has 0 spiro atoms. The van der Waals surface area contributed by atoms with Crippen LogP contribution >= 0.6 is 11.8 Å². The summed E-state index contributed by atoms with van der Waals surface area (Å²) in [5.74, 6) is 0.109. The summed E-state index contributed by atoms with van der Waals surface area (Å²) in [6.07, 6.45) is -2.88. The van der Waals surface area contributed by atoms with Gasteiger partial charge in [0.05, 0.1) is 31.7 Å². The molecule has 9 nitrogen and oxygen atoms in total. The minimum atomic E-state index is -4.46. The van der Waals surface area contributed by atoms with E-state index in [-0.39, 0.29) is 22.8 Å². The van der Waals surface area contributed by atoms with Crippen LogP contribution in [0.4, 0.5) is 24.9 Å². The Labute approximate surface area is 198 Å². The highest BCUT2D eigenvalue weighted by Crippen LogP contribution is 2.28. The van der Waals surface area contributed by atoms with Crippen molar-refractivity contribution in [2.24, 2.45) is 0 Å². The number of ether oxygens (including phenoxy) is 1. The molecule has 3 aromatic rings. The molecule has 13 heteroatoms. The SMILES string of the molecule is Cc1cccc(Cn2nccc2NC(=O)CSc2nnc(N3CCOCC3)n2CC(F)(F)F)c1. The van der Waals surface area contributed by atoms with Crippen molar-refractivity contribution in [1.29, 1.82) is 0 Å². The average molecular weight is 496 g/mol. The molecule has 0 unspecified atom stereocenters. The lowest BCUT2D eigenvalue weighted by molar-refractivity contribution is -0.141. The second-order valence-corrected chi connectivity index (χ2v) is 8.73. The second-order valence-electron chi connectivity index (χ2n) is 7.78. The number of anilines is 2. The molecule has 0 aliphatic carbocycles. The van der Waals surface area contributed by atoms with E-state index in [1.54, 1.807) is 21.8 Å². The molecule has 4 rings (SSSR count). The highest BCUT2D eigenvalue weighted by molar-refractivity contribution is 7.99. The second kappa shape index (κ2) is 10.5. The van der Waals surface area contributed by atoms with Gasteiger partial charge < -0.3 is 15.0 Å². The van der Waals surface area contributed by atoms with E-state index in [0.717, 1.165) is 27.5 Å². The summed E-state index contributed by atoms with van der Waals surface area (Å²) in [6.45, 7) is 2.88. The van der Waals surface area contributed by atoms with Crippen molar-refractivity contribution in [3.05, 3.63) is 47.7 Å². The third kappa shape index (κ3) is 6.29. The maximum atomic E-state index is 13.2. The molecular formula is C21H24F3N7O2S. The molecular weight excluding hydrogens is 471 g/mol. The number of hydrogen-bond acceptors (Lipinski definition) is 7. The molecule has 2 aromatic heterocycles. The summed E-state index contributed by atoms with van der Waals surface area (Å²) < 4.78 is 47.6. The van der Waals surface area contributed by atoms with Crippen molar-refractivity contribution in [2.45, 2.75) is 31.3 Å². The maximum absolute atomic E-state index is 13.2. The highest BCUT2D eigenvalue weighted by atomic mass is 32.2.